The number of esters is 1. The fourth-order valence-electron chi connectivity index (χ4n) is 2.08. The summed E-state index contributed by atoms with van der Waals surface area (Å²) in [5.41, 5.74) is 0.306. The first-order chi connectivity index (χ1) is 11.5. The van der Waals surface area contributed by atoms with Crippen LogP contribution in [0.15, 0.2) is 46.0 Å². The first-order valence-corrected chi connectivity index (χ1v) is 9.76. The molecule has 2 rings (SSSR count). The van der Waals surface area contributed by atoms with Crippen LogP contribution in [0, 0.1) is 0 Å². The fourth-order valence-corrected chi connectivity index (χ4v) is 4.61. The summed E-state index contributed by atoms with van der Waals surface area (Å²) in [5, 5.41) is 1.67. The zero-order valence-electron chi connectivity index (χ0n) is 13.5. The molecular weight excluding hydrogens is 350 g/mol. The Labute approximate surface area is 145 Å². The van der Waals surface area contributed by atoms with E-state index < -0.39 is 22.5 Å². The minimum absolute atomic E-state index is 0.151. The number of carbonyl (C=O) groups excluding carboxylic acids is 1. The summed E-state index contributed by atoms with van der Waals surface area (Å²) in [6.07, 6.45) is 0. The zero-order valence-corrected chi connectivity index (χ0v) is 15.1. The van der Waals surface area contributed by atoms with Crippen molar-refractivity contribution in [3.63, 3.8) is 0 Å². The number of ether oxygens (including phenoxy) is 2. The lowest BCUT2D eigenvalue weighted by Gasteiger charge is -2.24. The summed E-state index contributed by atoms with van der Waals surface area (Å²) < 4.78 is 37.5. The molecule has 1 heterocycles. The van der Waals surface area contributed by atoms with E-state index in [2.05, 4.69) is 0 Å². The first kappa shape index (κ1) is 18.3. The molecule has 130 valence electrons. The van der Waals surface area contributed by atoms with E-state index in [0.717, 1.165) is 15.6 Å². The smallest absolute Gasteiger partial charge is 0.326 e. The van der Waals surface area contributed by atoms with Crippen LogP contribution in [0.3, 0.4) is 0 Å². The number of hydrogen-bond donors (Lipinski definition) is 0. The van der Waals surface area contributed by atoms with Gasteiger partial charge in [-0.15, -0.1) is 11.3 Å². The number of nitrogens with zero attached hydrogens (tertiary/aromatic N) is 1. The summed E-state index contributed by atoms with van der Waals surface area (Å²) in [6, 6.07) is 9.86. The Morgan fingerprint density at radius 3 is 2.50 bits per heavy atom. The van der Waals surface area contributed by atoms with E-state index in [-0.39, 0.29) is 10.8 Å². The van der Waals surface area contributed by atoms with Crippen molar-refractivity contribution in [3.8, 4) is 5.75 Å². The third kappa shape index (κ3) is 4.07. The second-order valence-corrected chi connectivity index (χ2v) is 7.69. The topological polar surface area (TPSA) is 72.9 Å². The van der Waals surface area contributed by atoms with Crippen LogP contribution in [0.5, 0.6) is 5.75 Å². The third-order valence-corrected chi connectivity index (χ3v) is 6.18. The minimum Gasteiger partial charge on any atom is -0.492 e. The lowest BCUT2D eigenvalue weighted by Crippen LogP contribution is -2.36. The lowest BCUT2D eigenvalue weighted by molar-refractivity contribution is -0.141. The molecule has 0 saturated heterocycles. The first-order valence-electron chi connectivity index (χ1n) is 7.44. The normalized spacial score (nSPS) is 11.1. The van der Waals surface area contributed by atoms with Gasteiger partial charge in [0.05, 0.1) is 18.9 Å². The zero-order chi connectivity index (χ0) is 17.6. The van der Waals surface area contributed by atoms with Gasteiger partial charge in [0.1, 0.15) is 16.5 Å². The molecule has 2 aromatic rings. The number of benzene rings is 1. The monoisotopic (exact) mass is 369 g/mol. The van der Waals surface area contributed by atoms with Gasteiger partial charge in [-0.25, -0.2) is 8.42 Å². The Hall–Kier alpha value is -2.06. The van der Waals surface area contributed by atoms with Crippen molar-refractivity contribution in [1.29, 1.82) is 0 Å². The van der Waals surface area contributed by atoms with Crippen molar-refractivity contribution in [2.24, 2.45) is 0 Å². The van der Waals surface area contributed by atoms with Crippen molar-refractivity contribution >= 4 is 33.0 Å². The molecule has 0 amide bonds. The molecule has 0 spiro atoms. The van der Waals surface area contributed by atoms with Crippen LogP contribution in [0.25, 0.3) is 0 Å². The summed E-state index contributed by atoms with van der Waals surface area (Å²) in [6.45, 7) is 3.62. The number of anilines is 1. The van der Waals surface area contributed by atoms with Crippen LogP contribution in [0.2, 0.25) is 0 Å². The molecular formula is C16H19NO5S2. The van der Waals surface area contributed by atoms with Crippen molar-refractivity contribution in [2.45, 2.75) is 18.1 Å². The van der Waals surface area contributed by atoms with Gasteiger partial charge in [-0.1, -0.05) is 18.2 Å². The molecule has 0 saturated carbocycles. The molecule has 0 aliphatic carbocycles. The Balaban J connectivity index is 2.50. The van der Waals surface area contributed by atoms with Crippen LogP contribution < -0.4 is 9.04 Å². The molecule has 0 unspecified atom stereocenters. The van der Waals surface area contributed by atoms with Gasteiger partial charge in [-0.2, -0.15) is 0 Å². The molecule has 0 N–H and O–H groups in total. The quantitative estimate of drug-likeness (QED) is 0.669. The van der Waals surface area contributed by atoms with Crippen LogP contribution >= 0.6 is 11.3 Å². The molecule has 0 aliphatic rings. The lowest BCUT2D eigenvalue weighted by atomic mass is 10.3. The summed E-state index contributed by atoms with van der Waals surface area (Å²) in [7, 11) is -3.89. The molecule has 0 atom stereocenters. The van der Waals surface area contributed by atoms with Gasteiger partial charge in [-0.3, -0.25) is 9.10 Å². The maximum Gasteiger partial charge on any atom is 0.326 e. The third-order valence-electron chi connectivity index (χ3n) is 3.05. The van der Waals surface area contributed by atoms with Crippen molar-refractivity contribution in [3.05, 3.63) is 41.8 Å². The Kier molecular flexibility index (Phi) is 6.22. The van der Waals surface area contributed by atoms with E-state index >= 15 is 0 Å². The van der Waals surface area contributed by atoms with Gasteiger partial charge >= 0.3 is 5.97 Å². The molecule has 0 radical (unpaired) electrons. The molecule has 1 aromatic carbocycles. The Morgan fingerprint density at radius 1 is 1.12 bits per heavy atom. The van der Waals surface area contributed by atoms with Gasteiger partial charge in [0.15, 0.2) is 0 Å². The fraction of sp³-hybridized carbons (Fsp3) is 0.312. The average Bonchev–Trinajstić information content (AvgIpc) is 3.09. The summed E-state index contributed by atoms with van der Waals surface area (Å²) in [5.74, 6) is -0.228. The van der Waals surface area contributed by atoms with E-state index in [9.17, 15) is 13.2 Å². The summed E-state index contributed by atoms with van der Waals surface area (Å²) >= 11 is 1.09. The Bertz CT molecular complexity index is 772. The van der Waals surface area contributed by atoms with Gasteiger partial charge < -0.3 is 9.47 Å². The predicted molar refractivity (Wildman–Crippen MR) is 93.1 cm³/mol. The van der Waals surface area contributed by atoms with Gasteiger partial charge in [0.2, 0.25) is 0 Å². The summed E-state index contributed by atoms with van der Waals surface area (Å²) in [4.78, 5) is 11.9. The molecule has 6 nitrogen and oxygen atoms in total. The number of sulfonamides is 1. The second kappa shape index (κ2) is 8.16. The predicted octanol–water partition coefficient (Wildman–Crippen LogP) is 2.91. The second-order valence-electron chi connectivity index (χ2n) is 4.65. The standard InChI is InChI=1S/C16H19NO5S2/c1-3-21-14-9-6-5-8-13(14)17(12-15(18)22-4-2)24(19,20)16-10-7-11-23-16/h5-11H,3-4,12H2,1-2H3. The SMILES string of the molecule is CCOC(=O)CN(c1ccccc1OCC)S(=O)(=O)c1cccs1. The molecule has 0 fully saturated rings. The van der Waals surface area contributed by atoms with Crippen LogP contribution in [-0.2, 0) is 19.6 Å². The van der Waals surface area contributed by atoms with Crippen molar-refractivity contribution in [1.82, 2.24) is 0 Å². The van der Waals surface area contributed by atoms with E-state index in [4.69, 9.17) is 9.47 Å². The van der Waals surface area contributed by atoms with Crippen LogP contribution in [0.1, 0.15) is 13.8 Å². The van der Waals surface area contributed by atoms with Gasteiger partial charge in [0.25, 0.3) is 10.0 Å². The average molecular weight is 369 g/mol. The maximum atomic E-state index is 13.0. The highest BCUT2D eigenvalue weighted by molar-refractivity contribution is 7.94. The van der Waals surface area contributed by atoms with E-state index in [0.29, 0.717) is 18.0 Å². The van der Waals surface area contributed by atoms with Crippen molar-refractivity contribution in [2.75, 3.05) is 24.1 Å². The number of thiophene rings is 1. The highest BCUT2D eigenvalue weighted by Crippen LogP contribution is 2.33. The minimum atomic E-state index is -3.89. The van der Waals surface area contributed by atoms with E-state index in [1.165, 1.54) is 6.07 Å². The number of carbonyl (C=O) groups is 1. The van der Waals surface area contributed by atoms with Gasteiger partial charge in [-0.05, 0) is 37.4 Å². The van der Waals surface area contributed by atoms with Crippen LogP contribution in [0.4, 0.5) is 5.69 Å². The highest BCUT2D eigenvalue weighted by atomic mass is 32.2. The largest absolute Gasteiger partial charge is 0.492 e. The Morgan fingerprint density at radius 2 is 1.88 bits per heavy atom. The number of para-hydroxylation sites is 2. The number of rotatable bonds is 8. The molecule has 0 bridgehead atoms. The van der Waals surface area contributed by atoms with Crippen LogP contribution in [-0.4, -0.2) is 34.1 Å². The van der Waals surface area contributed by atoms with Crippen molar-refractivity contribution < 1.29 is 22.7 Å². The van der Waals surface area contributed by atoms with E-state index in [1.54, 1.807) is 49.6 Å². The highest BCUT2D eigenvalue weighted by Gasteiger charge is 2.30. The molecule has 8 heteroatoms. The molecule has 24 heavy (non-hydrogen) atoms. The molecule has 1 aromatic heterocycles. The van der Waals surface area contributed by atoms with E-state index in [1.807, 2.05) is 0 Å². The van der Waals surface area contributed by atoms with Gasteiger partial charge in [0, 0.05) is 0 Å². The number of hydrogen-bond acceptors (Lipinski definition) is 6. The molecule has 0 aliphatic heterocycles. The maximum absolute atomic E-state index is 13.0.